The molecule has 0 aliphatic rings. The van der Waals surface area contributed by atoms with Crippen LogP contribution in [0.2, 0.25) is 25.7 Å². The van der Waals surface area contributed by atoms with Crippen molar-refractivity contribution in [3.8, 4) is 0 Å². The van der Waals surface area contributed by atoms with Gasteiger partial charge in [0.15, 0.2) is 0 Å². The smallest absolute Gasteiger partial charge is 0.139 e. The highest BCUT2D eigenvalue weighted by atomic mass is 79.9. The van der Waals surface area contributed by atoms with Gasteiger partial charge in [-0.3, -0.25) is 0 Å². The molecule has 1 aromatic rings. The van der Waals surface area contributed by atoms with Gasteiger partial charge in [0.1, 0.15) is 6.73 Å². The van der Waals surface area contributed by atoms with Crippen LogP contribution in [0.4, 0.5) is 0 Å². The zero-order valence-corrected chi connectivity index (χ0v) is 13.6. The number of methoxy groups -OCH3 is 1. The predicted molar refractivity (Wildman–Crippen MR) is 74.7 cm³/mol. The van der Waals surface area contributed by atoms with Crippen LogP contribution in [-0.4, -0.2) is 31.6 Å². The summed E-state index contributed by atoms with van der Waals surface area (Å²) >= 11 is 3.45. The minimum atomic E-state index is -1.01. The fourth-order valence-electron chi connectivity index (χ4n) is 1.31. The van der Waals surface area contributed by atoms with Gasteiger partial charge in [-0.05, 0) is 22.0 Å². The van der Waals surface area contributed by atoms with Crippen LogP contribution in [0.5, 0.6) is 0 Å². The highest BCUT2D eigenvalue weighted by Crippen LogP contribution is 2.17. The molecule has 0 atom stereocenters. The standard InChI is InChI=1S/C11H21BrN2O2Si/c1-15-8-11-10(12)7-13-14(11)9-16-5-6-17(2,3)4/h7H,5-6,8-9H2,1-4H3. The maximum Gasteiger partial charge on any atom is 0.139 e. The molecular weight excluding hydrogens is 300 g/mol. The summed E-state index contributed by atoms with van der Waals surface area (Å²) in [5, 5.41) is 4.24. The molecule has 0 saturated heterocycles. The van der Waals surface area contributed by atoms with Gasteiger partial charge in [-0.15, -0.1) is 0 Å². The number of hydrogen-bond donors (Lipinski definition) is 0. The molecule has 0 aliphatic heterocycles. The number of aromatic nitrogens is 2. The maximum absolute atomic E-state index is 5.65. The van der Waals surface area contributed by atoms with E-state index < -0.39 is 8.07 Å². The van der Waals surface area contributed by atoms with Crippen molar-refractivity contribution in [2.24, 2.45) is 0 Å². The van der Waals surface area contributed by atoms with Gasteiger partial charge in [-0.1, -0.05) is 19.6 Å². The summed E-state index contributed by atoms with van der Waals surface area (Å²) in [6, 6.07) is 1.18. The van der Waals surface area contributed by atoms with Crippen molar-refractivity contribution in [3.63, 3.8) is 0 Å². The average Bonchev–Trinajstić information content (AvgIpc) is 2.55. The lowest BCUT2D eigenvalue weighted by atomic mass is 10.4. The number of rotatable bonds is 7. The van der Waals surface area contributed by atoms with E-state index in [9.17, 15) is 0 Å². The molecule has 17 heavy (non-hydrogen) atoms. The first-order valence-corrected chi connectivity index (χ1v) is 10.2. The molecule has 1 aromatic heterocycles. The molecule has 0 aliphatic carbocycles. The molecule has 0 aromatic carbocycles. The van der Waals surface area contributed by atoms with E-state index in [0.29, 0.717) is 13.3 Å². The molecule has 0 unspecified atom stereocenters. The van der Waals surface area contributed by atoms with Gasteiger partial charge in [0.2, 0.25) is 0 Å². The van der Waals surface area contributed by atoms with Crippen molar-refractivity contribution in [2.45, 2.75) is 39.0 Å². The highest BCUT2D eigenvalue weighted by Gasteiger charge is 2.13. The number of halogens is 1. The first-order chi connectivity index (χ1) is 7.94. The Labute approximate surface area is 112 Å². The van der Waals surface area contributed by atoms with Crippen LogP contribution in [-0.2, 0) is 22.8 Å². The first-order valence-electron chi connectivity index (χ1n) is 5.71. The normalized spacial score (nSPS) is 12.1. The Morgan fingerprint density at radius 2 is 2.12 bits per heavy atom. The van der Waals surface area contributed by atoms with Crippen LogP contribution in [0.15, 0.2) is 10.7 Å². The fraction of sp³-hybridized carbons (Fsp3) is 0.727. The average molecular weight is 321 g/mol. The lowest BCUT2D eigenvalue weighted by molar-refractivity contribution is 0.0704. The number of nitrogens with zero attached hydrogens (tertiary/aromatic N) is 2. The molecule has 0 radical (unpaired) electrons. The summed E-state index contributed by atoms with van der Waals surface area (Å²) in [6.45, 7) is 8.87. The minimum Gasteiger partial charge on any atom is -0.378 e. The summed E-state index contributed by atoms with van der Waals surface area (Å²) < 4.78 is 13.6. The number of hydrogen-bond acceptors (Lipinski definition) is 3. The monoisotopic (exact) mass is 320 g/mol. The molecule has 0 fully saturated rings. The van der Waals surface area contributed by atoms with Gasteiger partial charge in [-0.25, -0.2) is 4.68 Å². The van der Waals surface area contributed by atoms with E-state index in [1.165, 1.54) is 6.04 Å². The SMILES string of the molecule is COCc1c(Br)cnn1COCC[Si](C)(C)C. The summed E-state index contributed by atoms with van der Waals surface area (Å²) in [5.41, 5.74) is 1.01. The van der Waals surface area contributed by atoms with Crippen LogP contribution < -0.4 is 0 Å². The molecule has 0 saturated carbocycles. The lowest BCUT2D eigenvalue weighted by Crippen LogP contribution is -2.22. The van der Waals surface area contributed by atoms with Gasteiger partial charge in [0.05, 0.1) is 23.0 Å². The quantitative estimate of drug-likeness (QED) is 0.572. The van der Waals surface area contributed by atoms with Gasteiger partial charge in [0, 0.05) is 21.8 Å². The van der Waals surface area contributed by atoms with E-state index in [1.54, 1.807) is 13.3 Å². The highest BCUT2D eigenvalue weighted by molar-refractivity contribution is 9.10. The zero-order valence-electron chi connectivity index (χ0n) is 11.0. The molecule has 1 heterocycles. The van der Waals surface area contributed by atoms with Crippen LogP contribution in [0.25, 0.3) is 0 Å². The van der Waals surface area contributed by atoms with Crippen LogP contribution in [0.3, 0.4) is 0 Å². The Morgan fingerprint density at radius 3 is 2.71 bits per heavy atom. The van der Waals surface area contributed by atoms with Crippen molar-refractivity contribution in [3.05, 3.63) is 16.4 Å². The van der Waals surface area contributed by atoms with E-state index in [4.69, 9.17) is 9.47 Å². The summed E-state index contributed by atoms with van der Waals surface area (Å²) in [6.07, 6.45) is 1.77. The number of ether oxygens (including phenoxy) is 2. The maximum atomic E-state index is 5.65. The third-order valence-electron chi connectivity index (χ3n) is 2.39. The summed E-state index contributed by atoms with van der Waals surface area (Å²) in [4.78, 5) is 0. The molecule has 0 amide bonds. The second-order valence-corrected chi connectivity index (χ2v) is 11.7. The summed E-state index contributed by atoms with van der Waals surface area (Å²) in [7, 11) is 0.669. The second-order valence-electron chi connectivity index (χ2n) is 5.22. The molecule has 0 N–H and O–H groups in total. The van der Waals surface area contributed by atoms with Crippen LogP contribution >= 0.6 is 15.9 Å². The van der Waals surface area contributed by atoms with Gasteiger partial charge < -0.3 is 9.47 Å². The Morgan fingerprint density at radius 1 is 1.41 bits per heavy atom. The van der Waals surface area contributed by atoms with Gasteiger partial charge in [0.25, 0.3) is 0 Å². The van der Waals surface area contributed by atoms with E-state index >= 15 is 0 Å². The van der Waals surface area contributed by atoms with Crippen molar-refractivity contribution < 1.29 is 9.47 Å². The van der Waals surface area contributed by atoms with E-state index in [2.05, 4.69) is 40.7 Å². The molecule has 6 heteroatoms. The fourth-order valence-corrected chi connectivity index (χ4v) is 2.48. The third-order valence-corrected chi connectivity index (χ3v) is 4.76. The molecule has 0 spiro atoms. The van der Waals surface area contributed by atoms with Gasteiger partial charge >= 0.3 is 0 Å². The zero-order chi connectivity index (χ0) is 12.9. The topological polar surface area (TPSA) is 36.3 Å². The minimum absolute atomic E-state index is 0.495. The first kappa shape index (κ1) is 14.9. The third kappa shape index (κ3) is 5.33. The Balaban J connectivity index is 2.41. The van der Waals surface area contributed by atoms with E-state index in [0.717, 1.165) is 16.8 Å². The Bertz CT molecular complexity index is 350. The van der Waals surface area contributed by atoms with Crippen LogP contribution in [0.1, 0.15) is 5.69 Å². The molecule has 0 bridgehead atoms. The van der Waals surface area contributed by atoms with Crippen molar-refractivity contribution in [1.29, 1.82) is 0 Å². The molecular formula is C11H21BrN2O2Si. The van der Waals surface area contributed by atoms with E-state index in [-0.39, 0.29) is 0 Å². The van der Waals surface area contributed by atoms with Gasteiger partial charge in [-0.2, -0.15) is 5.10 Å². The molecule has 98 valence electrons. The largest absolute Gasteiger partial charge is 0.378 e. The van der Waals surface area contributed by atoms with Crippen molar-refractivity contribution >= 4 is 24.0 Å². The summed E-state index contributed by atoms with van der Waals surface area (Å²) in [5.74, 6) is 0. The van der Waals surface area contributed by atoms with Crippen molar-refractivity contribution in [1.82, 2.24) is 9.78 Å². The predicted octanol–water partition coefficient (Wildman–Crippen LogP) is 3.10. The second kappa shape index (κ2) is 6.68. The molecule has 1 rings (SSSR count). The van der Waals surface area contributed by atoms with Crippen molar-refractivity contribution in [2.75, 3.05) is 13.7 Å². The van der Waals surface area contributed by atoms with Crippen LogP contribution in [0, 0.1) is 0 Å². The Kier molecular flexibility index (Phi) is 5.85. The van der Waals surface area contributed by atoms with E-state index in [1.807, 2.05) is 4.68 Å². The Hall–Kier alpha value is -0.173. The lowest BCUT2D eigenvalue weighted by Gasteiger charge is -2.15. The molecule has 4 nitrogen and oxygen atoms in total.